The van der Waals surface area contributed by atoms with Gasteiger partial charge in [-0.3, -0.25) is 9.59 Å². The standard InChI is InChI=1S/C25H29NO3S/c1-15(2)14-29-21-11-8-19(9-12-21)22-23(30-16(3)4)25(28)26(24(22)27)20-10-7-17(5)18(6)13-20/h7-13,15-16H,14H2,1-6H3. The summed E-state index contributed by atoms with van der Waals surface area (Å²) in [6.07, 6.45) is 0. The van der Waals surface area contributed by atoms with Crippen LogP contribution in [0.2, 0.25) is 0 Å². The van der Waals surface area contributed by atoms with Crippen molar-refractivity contribution in [1.29, 1.82) is 0 Å². The summed E-state index contributed by atoms with van der Waals surface area (Å²) in [4.78, 5) is 28.5. The van der Waals surface area contributed by atoms with Crippen molar-refractivity contribution in [3.63, 3.8) is 0 Å². The Kier molecular flexibility index (Phi) is 6.71. The number of nitrogens with zero attached hydrogens (tertiary/aromatic N) is 1. The van der Waals surface area contributed by atoms with E-state index in [0.29, 0.717) is 28.7 Å². The third kappa shape index (κ3) is 4.62. The summed E-state index contributed by atoms with van der Waals surface area (Å²) in [5, 5.41) is 0.181. The van der Waals surface area contributed by atoms with Crippen LogP contribution in [-0.4, -0.2) is 23.7 Å². The van der Waals surface area contributed by atoms with Crippen molar-refractivity contribution >= 4 is 34.8 Å². The van der Waals surface area contributed by atoms with E-state index in [1.54, 1.807) is 0 Å². The molecule has 4 nitrogen and oxygen atoms in total. The molecule has 2 aromatic carbocycles. The zero-order valence-electron chi connectivity index (χ0n) is 18.5. The van der Waals surface area contributed by atoms with Crippen molar-refractivity contribution in [1.82, 2.24) is 0 Å². The zero-order valence-corrected chi connectivity index (χ0v) is 19.3. The minimum absolute atomic E-state index is 0.181. The van der Waals surface area contributed by atoms with Crippen LogP contribution in [0, 0.1) is 19.8 Å². The van der Waals surface area contributed by atoms with Crippen LogP contribution in [0.15, 0.2) is 47.4 Å². The van der Waals surface area contributed by atoms with E-state index in [-0.39, 0.29) is 17.1 Å². The number of ether oxygens (including phenoxy) is 1. The van der Waals surface area contributed by atoms with Gasteiger partial charge in [-0.25, -0.2) is 4.90 Å². The predicted octanol–water partition coefficient (Wildman–Crippen LogP) is 5.76. The molecule has 30 heavy (non-hydrogen) atoms. The fourth-order valence-corrected chi connectivity index (χ4v) is 4.18. The van der Waals surface area contributed by atoms with Crippen LogP contribution in [0.25, 0.3) is 5.57 Å². The summed E-state index contributed by atoms with van der Waals surface area (Å²) < 4.78 is 5.76. The van der Waals surface area contributed by atoms with Gasteiger partial charge in [-0.2, -0.15) is 0 Å². The molecule has 3 rings (SSSR count). The number of carbonyl (C=O) groups is 2. The number of aryl methyl sites for hydroxylation is 2. The molecule has 1 aliphatic rings. The Morgan fingerprint density at radius 3 is 2.13 bits per heavy atom. The number of anilines is 1. The van der Waals surface area contributed by atoms with E-state index in [4.69, 9.17) is 4.74 Å². The fourth-order valence-electron chi connectivity index (χ4n) is 3.19. The van der Waals surface area contributed by atoms with Gasteiger partial charge in [0.15, 0.2) is 0 Å². The maximum Gasteiger partial charge on any atom is 0.272 e. The molecule has 1 heterocycles. The number of amides is 2. The molecule has 0 unspecified atom stereocenters. The molecule has 1 aliphatic heterocycles. The van der Waals surface area contributed by atoms with Crippen molar-refractivity contribution in [2.24, 2.45) is 5.92 Å². The highest BCUT2D eigenvalue weighted by molar-refractivity contribution is 8.04. The molecule has 0 N–H and O–H groups in total. The molecule has 2 aromatic rings. The van der Waals surface area contributed by atoms with E-state index in [0.717, 1.165) is 22.4 Å². The first-order chi connectivity index (χ1) is 14.2. The Labute approximate surface area is 183 Å². The highest BCUT2D eigenvalue weighted by atomic mass is 32.2. The van der Waals surface area contributed by atoms with Crippen molar-refractivity contribution in [3.8, 4) is 5.75 Å². The van der Waals surface area contributed by atoms with E-state index in [2.05, 4.69) is 13.8 Å². The van der Waals surface area contributed by atoms with E-state index in [1.807, 2.05) is 70.2 Å². The maximum absolute atomic E-state index is 13.4. The summed E-state index contributed by atoms with van der Waals surface area (Å²) >= 11 is 1.44. The van der Waals surface area contributed by atoms with Gasteiger partial charge in [0.25, 0.3) is 11.8 Å². The number of hydrogen-bond donors (Lipinski definition) is 0. The Morgan fingerprint density at radius 2 is 1.57 bits per heavy atom. The second kappa shape index (κ2) is 9.09. The van der Waals surface area contributed by atoms with Gasteiger partial charge in [0.05, 0.1) is 22.8 Å². The van der Waals surface area contributed by atoms with Gasteiger partial charge in [-0.05, 0) is 60.7 Å². The lowest BCUT2D eigenvalue weighted by Gasteiger charge is -2.17. The molecule has 0 aromatic heterocycles. The maximum atomic E-state index is 13.4. The molecular formula is C25H29NO3S. The molecule has 0 fully saturated rings. The van der Waals surface area contributed by atoms with E-state index < -0.39 is 0 Å². The monoisotopic (exact) mass is 423 g/mol. The molecule has 0 saturated carbocycles. The highest BCUT2D eigenvalue weighted by Gasteiger charge is 2.40. The van der Waals surface area contributed by atoms with Gasteiger partial charge in [-0.1, -0.05) is 45.9 Å². The number of hydrogen-bond acceptors (Lipinski definition) is 4. The molecule has 0 bridgehead atoms. The molecule has 0 aliphatic carbocycles. The summed E-state index contributed by atoms with van der Waals surface area (Å²) in [5.41, 5.74) is 3.99. The average Bonchev–Trinajstić information content (AvgIpc) is 2.92. The molecule has 0 atom stereocenters. The van der Waals surface area contributed by atoms with Crippen LogP contribution in [-0.2, 0) is 9.59 Å². The number of benzene rings is 2. The summed E-state index contributed by atoms with van der Waals surface area (Å²) in [5.74, 6) is 0.662. The third-order valence-electron chi connectivity index (χ3n) is 4.87. The molecular weight excluding hydrogens is 394 g/mol. The zero-order chi connectivity index (χ0) is 22.0. The van der Waals surface area contributed by atoms with Crippen LogP contribution < -0.4 is 9.64 Å². The SMILES string of the molecule is Cc1ccc(N2C(=O)C(SC(C)C)=C(c3ccc(OCC(C)C)cc3)C2=O)cc1C. The Bertz CT molecular complexity index is 990. The largest absolute Gasteiger partial charge is 0.493 e. The van der Waals surface area contributed by atoms with E-state index in [9.17, 15) is 9.59 Å². The number of thioether (sulfide) groups is 1. The summed E-state index contributed by atoms with van der Waals surface area (Å²) in [6.45, 7) is 12.9. The van der Waals surface area contributed by atoms with Crippen LogP contribution >= 0.6 is 11.8 Å². The van der Waals surface area contributed by atoms with Crippen molar-refractivity contribution in [3.05, 3.63) is 64.1 Å². The third-order valence-corrected chi connectivity index (χ3v) is 5.96. The Balaban J connectivity index is 1.98. The van der Waals surface area contributed by atoms with Gasteiger partial charge >= 0.3 is 0 Å². The summed E-state index contributed by atoms with van der Waals surface area (Å²) in [6, 6.07) is 13.1. The van der Waals surface area contributed by atoms with Gasteiger partial charge in [0, 0.05) is 5.25 Å². The minimum atomic E-state index is -0.276. The van der Waals surface area contributed by atoms with Gasteiger partial charge < -0.3 is 4.74 Å². The lowest BCUT2D eigenvalue weighted by Crippen LogP contribution is -2.31. The number of carbonyl (C=O) groups excluding carboxylic acids is 2. The highest BCUT2D eigenvalue weighted by Crippen LogP contribution is 2.40. The smallest absolute Gasteiger partial charge is 0.272 e. The summed E-state index contributed by atoms with van der Waals surface area (Å²) in [7, 11) is 0. The Hall–Kier alpha value is -2.53. The van der Waals surface area contributed by atoms with Crippen LogP contribution in [0.4, 0.5) is 5.69 Å². The first-order valence-corrected chi connectivity index (χ1v) is 11.2. The molecule has 0 saturated heterocycles. The Morgan fingerprint density at radius 1 is 0.900 bits per heavy atom. The first kappa shape index (κ1) is 22.2. The lowest BCUT2D eigenvalue weighted by molar-refractivity contribution is -0.119. The quantitative estimate of drug-likeness (QED) is 0.531. The van der Waals surface area contributed by atoms with E-state index in [1.165, 1.54) is 16.7 Å². The van der Waals surface area contributed by atoms with Crippen LogP contribution in [0.1, 0.15) is 44.4 Å². The van der Waals surface area contributed by atoms with Gasteiger partial charge in [0.1, 0.15) is 5.75 Å². The molecule has 0 spiro atoms. The van der Waals surface area contributed by atoms with Crippen LogP contribution in [0.3, 0.4) is 0 Å². The molecule has 158 valence electrons. The predicted molar refractivity (Wildman–Crippen MR) is 125 cm³/mol. The van der Waals surface area contributed by atoms with Gasteiger partial charge in [-0.15, -0.1) is 11.8 Å². The topological polar surface area (TPSA) is 46.6 Å². The fraction of sp³-hybridized carbons (Fsp3) is 0.360. The first-order valence-electron chi connectivity index (χ1n) is 10.3. The van der Waals surface area contributed by atoms with Crippen molar-refractivity contribution in [2.45, 2.75) is 46.8 Å². The average molecular weight is 424 g/mol. The minimum Gasteiger partial charge on any atom is -0.493 e. The second-order valence-electron chi connectivity index (χ2n) is 8.31. The normalized spacial score (nSPS) is 14.5. The second-order valence-corrected chi connectivity index (χ2v) is 9.90. The van der Waals surface area contributed by atoms with Gasteiger partial charge in [0.2, 0.25) is 0 Å². The number of rotatable bonds is 7. The molecule has 0 radical (unpaired) electrons. The molecule has 5 heteroatoms. The van der Waals surface area contributed by atoms with Crippen LogP contribution in [0.5, 0.6) is 5.75 Å². The lowest BCUT2D eigenvalue weighted by atomic mass is 10.1. The van der Waals surface area contributed by atoms with Crippen molar-refractivity contribution in [2.75, 3.05) is 11.5 Å². The number of imide groups is 1. The van der Waals surface area contributed by atoms with Crippen molar-refractivity contribution < 1.29 is 14.3 Å². The molecule has 2 amide bonds. The van der Waals surface area contributed by atoms with E-state index >= 15 is 0 Å².